The minimum absolute atomic E-state index is 0.0404. The second-order valence-electron chi connectivity index (χ2n) is 10.4. The lowest BCUT2D eigenvalue weighted by Gasteiger charge is -2.57. The molecule has 0 aromatic rings. The molecule has 5 aliphatic carbocycles. The van der Waals surface area contributed by atoms with Gasteiger partial charge >= 0.3 is 0 Å². The van der Waals surface area contributed by atoms with Crippen LogP contribution in [0.25, 0.3) is 0 Å². The van der Waals surface area contributed by atoms with Gasteiger partial charge in [-0.1, -0.05) is 29.8 Å². The van der Waals surface area contributed by atoms with Crippen LogP contribution in [0.5, 0.6) is 0 Å². The summed E-state index contributed by atoms with van der Waals surface area (Å²) in [5, 5.41) is 12.9. The van der Waals surface area contributed by atoms with Crippen LogP contribution in [0.2, 0.25) is 0 Å². The van der Waals surface area contributed by atoms with Crippen molar-refractivity contribution in [2.75, 3.05) is 6.61 Å². The van der Waals surface area contributed by atoms with Crippen molar-refractivity contribution in [3.05, 3.63) is 23.8 Å². The van der Waals surface area contributed by atoms with Gasteiger partial charge in [0.2, 0.25) is 0 Å². The molecule has 6 atom stereocenters. The first-order chi connectivity index (χ1) is 12.6. The van der Waals surface area contributed by atoms with Crippen molar-refractivity contribution < 1.29 is 9.94 Å². The average molecular weight is 354 g/mol. The Balaban J connectivity index is 1.38. The van der Waals surface area contributed by atoms with Crippen LogP contribution < -0.4 is 0 Å². The highest BCUT2D eigenvalue weighted by Gasteiger charge is 2.66. The third-order valence-corrected chi connectivity index (χ3v) is 9.67. The van der Waals surface area contributed by atoms with Gasteiger partial charge in [0.05, 0.1) is 17.9 Å². The monoisotopic (exact) mass is 353 g/mol. The van der Waals surface area contributed by atoms with E-state index in [-0.39, 0.29) is 5.60 Å². The fourth-order valence-corrected chi connectivity index (χ4v) is 8.24. The fourth-order valence-electron chi connectivity index (χ4n) is 8.24. The molecule has 1 aliphatic heterocycles. The lowest BCUT2D eigenvalue weighted by molar-refractivity contribution is -0.114. The summed E-state index contributed by atoms with van der Waals surface area (Å²) in [6.07, 6.45) is 18.5. The standard InChI is InChI=1S/C23H31NO2/c1-21-8-5-16-17-4-3-15(24-25)13-20(17)22(10-11-22)14-18(16)19(21)6-9-23(21)7-2-12-26-23/h2,7,13,16-19,25H,3-6,8-12,14H2,1H3/t16?,17-,18?,19?,21+,23+/m1/s1. The van der Waals surface area contributed by atoms with E-state index in [0.717, 1.165) is 42.4 Å². The van der Waals surface area contributed by atoms with Crippen LogP contribution in [0.4, 0.5) is 0 Å². The Kier molecular flexibility index (Phi) is 3.08. The molecule has 0 aromatic carbocycles. The van der Waals surface area contributed by atoms with Gasteiger partial charge in [0.1, 0.15) is 0 Å². The molecule has 3 heteroatoms. The Morgan fingerprint density at radius 2 is 2.00 bits per heavy atom. The van der Waals surface area contributed by atoms with Crippen molar-refractivity contribution in [3.8, 4) is 0 Å². The predicted octanol–water partition coefficient (Wildman–Crippen LogP) is 5.10. The van der Waals surface area contributed by atoms with Gasteiger partial charge in [-0.25, -0.2) is 0 Å². The minimum atomic E-state index is 0.0404. The first-order valence-corrected chi connectivity index (χ1v) is 10.9. The molecule has 0 saturated heterocycles. The lowest BCUT2D eigenvalue weighted by atomic mass is 9.48. The van der Waals surface area contributed by atoms with Crippen LogP contribution in [0.15, 0.2) is 29.0 Å². The van der Waals surface area contributed by atoms with Gasteiger partial charge < -0.3 is 9.94 Å². The molecule has 1 heterocycles. The highest BCUT2D eigenvalue weighted by molar-refractivity contribution is 5.96. The molecule has 4 fully saturated rings. The number of hydrogen-bond donors (Lipinski definition) is 1. The molecule has 140 valence electrons. The van der Waals surface area contributed by atoms with Crippen molar-refractivity contribution in [2.24, 2.45) is 39.7 Å². The van der Waals surface area contributed by atoms with E-state index in [1.165, 1.54) is 51.4 Å². The summed E-state index contributed by atoms with van der Waals surface area (Å²) in [4.78, 5) is 0. The van der Waals surface area contributed by atoms with E-state index in [0.29, 0.717) is 10.8 Å². The van der Waals surface area contributed by atoms with E-state index in [1.807, 2.05) is 0 Å². The Hall–Kier alpha value is -1.09. The van der Waals surface area contributed by atoms with Crippen molar-refractivity contribution >= 4 is 5.71 Å². The third kappa shape index (κ3) is 1.81. The van der Waals surface area contributed by atoms with Crippen molar-refractivity contribution in [2.45, 2.75) is 70.3 Å². The van der Waals surface area contributed by atoms with Crippen LogP contribution >= 0.6 is 0 Å². The molecule has 4 saturated carbocycles. The van der Waals surface area contributed by atoms with E-state index in [1.54, 1.807) is 5.57 Å². The number of ether oxygens (including phenoxy) is 1. The zero-order valence-corrected chi connectivity index (χ0v) is 15.9. The zero-order valence-electron chi connectivity index (χ0n) is 15.9. The topological polar surface area (TPSA) is 41.8 Å². The van der Waals surface area contributed by atoms with Crippen molar-refractivity contribution in [1.82, 2.24) is 0 Å². The number of nitrogens with zero attached hydrogens (tertiary/aromatic N) is 1. The number of hydrogen-bond acceptors (Lipinski definition) is 3. The summed E-state index contributed by atoms with van der Waals surface area (Å²) in [6.45, 7) is 3.37. The Labute approximate surface area is 156 Å². The smallest absolute Gasteiger partial charge is 0.0923 e. The van der Waals surface area contributed by atoms with Crippen LogP contribution in [-0.4, -0.2) is 23.1 Å². The second kappa shape index (κ2) is 5.04. The van der Waals surface area contributed by atoms with Crippen LogP contribution in [-0.2, 0) is 4.74 Å². The normalized spacial score (nSPS) is 52.0. The maximum Gasteiger partial charge on any atom is 0.0923 e. The maximum absolute atomic E-state index is 9.30. The highest BCUT2D eigenvalue weighted by Crippen LogP contribution is 2.72. The van der Waals surface area contributed by atoms with Gasteiger partial charge in [0.25, 0.3) is 0 Å². The van der Waals surface area contributed by atoms with E-state index >= 15 is 0 Å². The molecule has 0 bridgehead atoms. The summed E-state index contributed by atoms with van der Waals surface area (Å²) >= 11 is 0. The summed E-state index contributed by atoms with van der Waals surface area (Å²) in [7, 11) is 0. The quantitative estimate of drug-likeness (QED) is 0.374. The molecular weight excluding hydrogens is 322 g/mol. The molecule has 2 spiro atoms. The van der Waals surface area contributed by atoms with E-state index < -0.39 is 0 Å². The summed E-state index contributed by atoms with van der Waals surface area (Å²) in [5.41, 5.74) is 3.43. The van der Waals surface area contributed by atoms with Crippen LogP contribution in [0.1, 0.15) is 64.7 Å². The number of allylic oxidation sites excluding steroid dienone is 2. The maximum atomic E-state index is 9.30. The molecule has 3 unspecified atom stereocenters. The highest BCUT2D eigenvalue weighted by atomic mass is 16.5. The second-order valence-corrected chi connectivity index (χ2v) is 10.4. The van der Waals surface area contributed by atoms with Crippen molar-refractivity contribution in [3.63, 3.8) is 0 Å². The minimum Gasteiger partial charge on any atom is -0.411 e. The van der Waals surface area contributed by atoms with Crippen molar-refractivity contribution in [1.29, 1.82) is 0 Å². The SMILES string of the molecule is C[C@]12CCC3C(CC4(CC4)C4=CC(=NO)CC[C@@H]43)C1CC[C@@]21C=CCO1. The molecule has 3 nitrogen and oxygen atoms in total. The van der Waals surface area contributed by atoms with E-state index in [2.05, 4.69) is 30.3 Å². The van der Waals surface area contributed by atoms with Gasteiger partial charge in [0, 0.05) is 5.41 Å². The van der Waals surface area contributed by atoms with Gasteiger partial charge in [-0.05, 0) is 93.0 Å². The average Bonchev–Trinajstić information content (AvgIpc) is 3.14. The Morgan fingerprint density at radius 1 is 1.12 bits per heavy atom. The van der Waals surface area contributed by atoms with Gasteiger partial charge in [-0.3, -0.25) is 0 Å². The predicted molar refractivity (Wildman–Crippen MR) is 101 cm³/mol. The number of fused-ring (bicyclic) bond motifs is 7. The fraction of sp³-hybridized carbons (Fsp3) is 0.783. The largest absolute Gasteiger partial charge is 0.411 e. The molecule has 0 aromatic heterocycles. The Morgan fingerprint density at radius 3 is 2.73 bits per heavy atom. The van der Waals surface area contributed by atoms with E-state index in [9.17, 15) is 5.21 Å². The Bertz CT molecular complexity index is 732. The number of rotatable bonds is 0. The molecule has 6 rings (SSSR count). The number of oxime groups is 1. The summed E-state index contributed by atoms with van der Waals surface area (Å²) in [6, 6.07) is 0. The molecule has 0 amide bonds. The summed E-state index contributed by atoms with van der Waals surface area (Å²) < 4.78 is 6.39. The van der Waals surface area contributed by atoms with Gasteiger partial charge in [-0.2, -0.15) is 0 Å². The van der Waals surface area contributed by atoms with Gasteiger partial charge in [0.15, 0.2) is 0 Å². The van der Waals surface area contributed by atoms with Crippen LogP contribution in [0.3, 0.4) is 0 Å². The third-order valence-electron chi connectivity index (χ3n) is 9.67. The molecular formula is C23H31NO2. The molecule has 1 N–H and O–H groups in total. The molecule has 26 heavy (non-hydrogen) atoms. The summed E-state index contributed by atoms with van der Waals surface area (Å²) in [5.74, 6) is 3.31. The van der Waals surface area contributed by atoms with Gasteiger partial charge in [-0.15, -0.1) is 0 Å². The zero-order chi connectivity index (χ0) is 17.6. The van der Waals surface area contributed by atoms with E-state index in [4.69, 9.17) is 4.74 Å². The first-order valence-electron chi connectivity index (χ1n) is 10.9. The lowest BCUT2D eigenvalue weighted by Crippen LogP contribution is -2.53. The molecule has 0 radical (unpaired) electrons. The molecule has 6 aliphatic rings. The van der Waals surface area contributed by atoms with Crippen LogP contribution in [0, 0.1) is 34.5 Å². The first kappa shape index (κ1) is 15.9.